The molecule has 2 rings (SSSR count). The molecular formula is C16H19FN2OS. The number of carbonyl (C=O) groups excluding carboxylic acids is 1. The summed E-state index contributed by atoms with van der Waals surface area (Å²) < 4.78 is 13.7. The van der Waals surface area contributed by atoms with E-state index in [2.05, 4.69) is 17.2 Å². The Hall–Kier alpha value is -1.75. The number of nitrogens with one attached hydrogen (secondary N) is 1. The molecule has 1 N–H and O–H groups in total. The van der Waals surface area contributed by atoms with Crippen molar-refractivity contribution >= 4 is 17.2 Å². The Morgan fingerprint density at radius 2 is 2.10 bits per heavy atom. The standard InChI is InChI=1S/C16H19FN2OS/c1-4-9-16(2,3)19-14(20)13-10-18-15(21-13)11-7-5-6-8-12(11)17/h5-8,10H,4,9H2,1-3H3,(H,19,20). The maximum atomic E-state index is 13.7. The second kappa shape index (κ2) is 6.35. The van der Waals surface area contributed by atoms with Gasteiger partial charge in [0, 0.05) is 11.1 Å². The fourth-order valence-electron chi connectivity index (χ4n) is 2.19. The maximum absolute atomic E-state index is 13.7. The zero-order valence-electron chi connectivity index (χ0n) is 12.4. The molecule has 2 aromatic rings. The Kier molecular flexibility index (Phi) is 4.73. The number of nitrogens with zero attached hydrogens (tertiary/aromatic N) is 1. The lowest BCUT2D eigenvalue weighted by atomic mass is 9.99. The first-order valence-corrected chi connectivity index (χ1v) is 7.78. The number of aromatic nitrogens is 1. The van der Waals surface area contributed by atoms with Gasteiger partial charge in [0.2, 0.25) is 0 Å². The normalized spacial score (nSPS) is 11.4. The van der Waals surface area contributed by atoms with Crippen LogP contribution in [0, 0.1) is 5.82 Å². The van der Waals surface area contributed by atoms with Crippen LogP contribution in [0.3, 0.4) is 0 Å². The highest BCUT2D eigenvalue weighted by atomic mass is 32.1. The summed E-state index contributed by atoms with van der Waals surface area (Å²) in [5, 5.41) is 3.51. The summed E-state index contributed by atoms with van der Waals surface area (Å²) in [7, 11) is 0. The van der Waals surface area contributed by atoms with Gasteiger partial charge in [-0.15, -0.1) is 11.3 Å². The second-order valence-corrected chi connectivity index (χ2v) is 6.63. The van der Waals surface area contributed by atoms with Gasteiger partial charge in [-0.1, -0.05) is 25.5 Å². The summed E-state index contributed by atoms with van der Waals surface area (Å²) in [6.07, 6.45) is 3.40. The van der Waals surface area contributed by atoms with Gasteiger partial charge in [-0.25, -0.2) is 9.37 Å². The molecule has 5 heteroatoms. The topological polar surface area (TPSA) is 42.0 Å². The number of amides is 1. The Balaban J connectivity index is 2.17. The molecule has 1 aromatic heterocycles. The summed E-state index contributed by atoms with van der Waals surface area (Å²) in [5.74, 6) is -0.487. The van der Waals surface area contributed by atoms with E-state index in [1.54, 1.807) is 18.2 Å². The van der Waals surface area contributed by atoms with Gasteiger partial charge in [0.05, 0.1) is 6.20 Å². The molecule has 3 nitrogen and oxygen atoms in total. The maximum Gasteiger partial charge on any atom is 0.263 e. The van der Waals surface area contributed by atoms with Crippen molar-refractivity contribution in [3.05, 3.63) is 41.2 Å². The van der Waals surface area contributed by atoms with E-state index in [1.165, 1.54) is 23.6 Å². The second-order valence-electron chi connectivity index (χ2n) is 5.60. The Morgan fingerprint density at radius 1 is 1.38 bits per heavy atom. The molecular weight excluding hydrogens is 287 g/mol. The first-order chi connectivity index (χ1) is 9.93. The molecule has 1 amide bonds. The first kappa shape index (κ1) is 15.6. The number of rotatable bonds is 5. The molecule has 0 saturated heterocycles. The molecule has 1 heterocycles. The average Bonchev–Trinajstić information content (AvgIpc) is 2.88. The number of benzene rings is 1. The van der Waals surface area contributed by atoms with Gasteiger partial charge < -0.3 is 5.32 Å². The fraction of sp³-hybridized carbons (Fsp3) is 0.375. The van der Waals surface area contributed by atoms with E-state index >= 15 is 0 Å². The molecule has 21 heavy (non-hydrogen) atoms. The number of thiazole rings is 1. The van der Waals surface area contributed by atoms with Crippen LogP contribution in [0.5, 0.6) is 0 Å². The zero-order valence-corrected chi connectivity index (χ0v) is 13.3. The lowest BCUT2D eigenvalue weighted by Gasteiger charge is -2.25. The highest BCUT2D eigenvalue weighted by Gasteiger charge is 2.22. The molecule has 0 aliphatic rings. The van der Waals surface area contributed by atoms with Gasteiger partial charge in [-0.2, -0.15) is 0 Å². The Morgan fingerprint density at radius 3 is 2.76 bits per heavy atom. The molecule has 112 valence electrons. The molecule has 0 unspecified atom stereocenters. The van der Waals surface area contributed by atoms with Gasteiger partial charge in [0.15, 0.2) is 0 Å². The van der Waals surface area contributed by atoms with Crippen molar-refractivity contribution in [2.24, 2.45) is 0 Å². The van der Waals surface area contributed by atoms with Crippen molar-refractivity contribution in [3.63, 3.8) is 0 Å². The van der Waals surface area contributed by atoms with E-state index in [4.69, 9.17) is 0 Å². The van der Waals surface area contributed by atoms with Crippen LogP contribution in [0.2, 0.25) is 0 Å². The molecule has 0 spiro atoms. The van der Waals surface area contributed by atoms with Gasteiger partial charge in [0.1, 0.15) is 15.7 Å². The van der Waals surface area contributed by atoms with Crippen LogP contribution >= 0.6 is 11.3 Å². The molecule has 0 bridgehead atoms. The molecule has 1 aromatic carbocycles. The minimum atomic E-state index is -0.329. The highest BCUT2D eigenvalue weighted by molar-refractivity contribution is 7.16. The van der Waals surface area contributed by atoms with Crippen molar-refractivity contribution in [1.82, 2.24) is 10.3 Å². The summed E-state index contributed by atoms with van der Waals surface area (Å²) >= 11 is 1.20. The molecule has 0 aliphatic carbocycles. The van der Waals surface area contributed by atoms with Crippen LogP contribution in [0.15, 0.2) is 30.5 Å². The third kappa shape index (κ3) is 3.88. The number of hydrogen-bond acceptors (Lipinski definition) is 3. The van der Waals surface area contributed by atoms with Crippen molar-refractivity contribution in [1.29, 1.82) is 0 Å². The van der Waals surface area contributed by atoms with Crippen molar-refractivity contribution in [2.45, 2.75) is 39.2 Å². The predicted octanol–water partition coefficient (Wildman–Crippen LogP) is 4.26. The third-order valence-corrected chi connectivity index (χ3v) is 4.19. The number of halogens is 1. The van der Waals surface area contributed by atoms with E-state index in [0.29, 0.717) is 15.4 Å². The van der Waals surface area contributed by atoms with E-state index in [9.17, 15) is 9.18 Å². The van der Waals surface area contributed by atoms with E-state index in [-0.39, 0.29) is 17.3 Å². The molecule has 0 radical (unpaired) electrons. The molecule has 0 atom stereocenters. The van der Waals surface area contributed by atoms with Gasteiger partial charge in [0.25, 0.3) is 5.91 Å². The minimum Gasteiger partial charge on any atom is -0.346 e. The third-order valence-electron chi connectivity index (χ3n) is 3.16. The van der Waals surface area contributed by atoms with Crippen molar-refractivity contribution < 1.29 is 9.18 Å². The SMILES string of the molecule is CCCC(C)(C)NC(=O)c1cnc(-c2ccccc2F)s1. The lowest BCUT2D eigenvalue weighted by Crippen LogP contribution is -2.42. The number of hydrogen-bond donors (Lipinski definition) is 1. The van der Waals surface area contributed by atoms with Crippen LogP contribution < -0.4 is 5.32 Å². The van der Waals surface area contributed by atoms with Crippen LogP contribution in [0.25, 0.3) is 10.6 Å². The van der Waals surface area contributed by atoms with Crippen LogP contribution in [0.4, 0.5) is 4.39 Å². The van der Waals surface area contributed by atoms with Crippen LogP contribution in [-0.4, -0.2) is 16.4 Å². The Bertz CT molecular complexity index is 637. The minimum absolute atomic E-state index is 0.159. The first-order valence-electron chi connectivity index (χ1n) is 6.96. The van der Waals surface area contributed by atoms with E-state index in [1.807, 2.05) is 13.8 Å². The monoisotopic (exact) mass is 306 g/mol. The number of carbonyl (C=O) groups is 1. The van der Waals surface area contributed by atoms with Gasteiger partial charge in [-0.05, 0) is 32.4 Å². The van der Waals surface area contributed by atoms with Crippen LogP contribution in [-0.2, 0) is 0 Å². The van der Waals surface area contributed by atoms with Crippen LogP contribution in [0.1, 0.15) is 43.3 Å². The predicted molar refractivity (Wildman–Crippen MR) is 84.0 cm³/mol. The van der Waals surface area contributed by atoms with Gasteiger partial charge in [-0.3, -0.25) is 4.79 Å². The van der Waals surface area contributed by atoms with Crippen molar-refractivity contribution in [3.8, 4) is 10.6 Å². The van der Waals surface area contributed by atoms with E-state index < -0.39 is 0 Å². The summed E-state index contributed by atoms with van der Waals surface area (Å²) in [6, 6.07) is 6.44. The largest absolute Gasteiger partial charge is 0.346 e. The lowest BCUT2D eigenvalue weighted by molar-refractivity contribution is 0.0913. The summed E-state index contributed by atoms with van der Waals surface area (Å²) in [4.78, 5) is 16.9. The average molecular weight is 306 g/mol. The quantitative estimate of drug-likeness (QED) is 0.897. The Labute approximate surface area is 128 Å². The van der Waals surface area contributed by atoms with Crippen molar-refractivity contribution in [2.75, 3.05) is 0 Å². The highest BCUT2D eigenvalue weighted by Crippen LogP contribution is 2.27. The fourth-order valence-corrected chi connectivity index (χ4v) is 3.03. The molecule has 0 aliphatic heterocycles. The summed E-state index contributed by atoms with van der Waals surface area (Å²) in [6.45, 7) is 6.07. The molecule has 0 fully saturated rings. The smallest absolute Gasteiger partial charge is 0.263 e. The molecule has 0 saturated carbocycles. The zero-order chi connectivity index (χ0) is 15.5. The van der Waals surface area contributed by atoms with E-state index in [0.717, 1.165) is 12.8 Å². The summed E-state index contributed by atoms with van der Waals surface area (Å²) in [5.41, 5.74) is 0.169. The van der Waals surface area contributed by atoms with Gasteiger partial charge >= 0.3 is 0 Å².